The lowest BCUT2D eigenvalue weighted by molar-refractivity contribution is 0.0827. The lowest BCUT2D eigenvalue weighted by atomic mass is 10.1. The second-order valence-corrected chi connectivity index (χ2v) is 7.20. The normalized spacial score (nSPS) is 14.2. The van der Waals surface area contributed by atoms with Gasteiger partial charge in [-0.05, 0) is 43.6 Å². The fourth-order valence-electron chi connectivity index (χ4n) is 2.95. The van der Waals surface area contributed by atoms with Gasteiger partial charge in [0.05, 0.1) is 11.1 Å². The minimum Gasteiger partial charge on any atom is -0.345 e. The molecule has 3 heterocycles. The third kappa shape index (κ3) is 7.78. The number of carbonyl (C=O) groups excluding carboxylic acids is 1. The van der Waals surface area contributed by atoms with Crippen LogP contribution in [-0.4, -0.2) is 52.9 Å². The summed E-state index contributed by atoms with van der Waals surface area (Å²) in [5.74, 6) is -0.413. The Balaban J connectivity index is 0.000000460. The van der Waals surface area contributed by atoms with E-state index in [2.05, 4.69) is 32.5 Å². The molecule has 0 aliphatic carbocycles. The van der Waals surface area contributed by atoms with Crippen LogP contribution < -0.4 is 10.6 Å². The maximum absolute atomic E-state index is 14.2. The maximum Gasteiger partial charge on any atom is 0.253 e. The first-order valence-corrected chi connectivity index (χ1v) is 11.3. The number of halogens is 2. The monoisotopic (exact) mass is 462 g/mol. The highest BCUT2D eigenvalue weighted by Gasteiger charge is 2.15. The molecule has 1 atom stereocenters. The van der Waals surface area contributed by atoms with Gasteiger partial charge in [0.2, 0.25) is 0 Å². The van der Waals surface area contributed by atoms with E-state index in [4.69, 9.17) is 0 Å². The summed E-state index contributed by atoms with van der Waals surface area (Å²) in [7, 11) is 3.16. The molecule has 0 spiro atoms. The zero-order chi connectivity index (χ0) is 25.0. The smallest absolute Gasteiger partial charge is 0.253 e. The fourth-order valence-corrected chi connectivity index (χ4v) is 2.95. The third-order valence-electron chi connectivity index (χ3n) is 4.60. The summed E-state index contributed by atoms with van der Waals surface area (Å²) in [4.78, 5) is 23.7. The van der Waals surface area contributed by atoms with Crippen LogP contribution in [-0.2, 0) is 0 Å². The van der Waals surface area contributed by atoms with Crippen LogP contribution >= 0.6 is 0 Å². The van der Waals surface area contributed by atoms with Crippen LogP contribution in [0.15, 0.2) is 30.7 Å². The van der Waals surface area contributed by atoms with Crippen LogP contribution in [0.5, 0.6) is 0 Å². The molecular weight excluding hydrogens is 426 g/mol. The van der Waals surface area contributed by atoms with Crippen molar-refractivity contribution in [2.45, 2.75) is 41.0 Å². The summed E-state index contributed by atoms with van der Waals surface area (Å²) in [5, 5.41) is 6.14. The Morgan fingerprint density at radius 1 is 1.12 bits per heavy atom. The van der Waals surface area contributed by atoms with Gasteiger partial charge in [-0.2, -0.15) is 0 Å². The lowest BCUT2D eigenvalue weighted by Crippen LogP contribution is -2.21. The number of benzene rings is 1. The van der Waals surface area contributed by atoms with Crippen LogP contribution in [0.1, 0.15) is 51.4 Å². The molecule has 1 aliphatic heterocycles. The van der Waals surface area contributed by atoms with E-state index in [0.717, 1.165) is 18.2 Å². The van der Waals surface area contributed by atoms with Crippen LogP contribution in [0, 0.1) is 17.6 Å². The van der Waals surface area contributed by atoms with E-state index in [0.29, 0.717) is 5.65 Å². The average Bonchev–Trinajstić information content (AvgIpc) is 3.47. The Morgan fingerprint density at radius 3 is 2.33 bits per heavy atom. The zero-order valence-electron chi connectivity index (χ0n) is 20.6. The molecule has 9 heteroatoms. The van der Waals surface area contributed by atoms with Crippen molar-refractivity contribution >= 4 is 28.4 Å². The van der Waals surface area contributed by atoms with E-state index in [1.165, 1.54) is 42.9 Å². The van der Waals surface area contributed by atoms with Crippen LogP contribution in [0.4, 0.5) is 20.3 Å². The molecule has 0 unspecified atom stereocenters. The van der Waals surface area contributed by atoms with E-state index in [9.17, 15) is 13.6 Å². The topological polar surface area (TPSA) is 85.9 Å². The molecule has 3 N–H and O–H groups in total. The fraction of sp³-hybridized carbons (Fsp3) is 0.458. The van der Waals surface area contributed by atoms with Crippen molar-refractivity contribution in [1.29, 1.82) is 0 Å². The van der Waals surface area contributed by atoms with Gasteiger partial charge in [-0.1, -0.05) is 34.6 Å². The quantitative estimate of drug-likeness (QED) is 0.489. The summed E-state index contributed by atoms with van der Waals surface area (Å²) in [5.41, 5.74) is 0.611. The summed E-state index contributed by atoms with van der Waals surface area (Å²) >= 11 is 0. The van der Waals surface area contributed by atoms with Gasteiger partial charge >= 0.3 is 0 Å². The van der Waals surface area contributed by atoms with Gasteiger partial charge in [0.1, 0.15) is 23.6 Å². The van der Waals surface area contributed by atoms with Crippen molar-refractivity contribution in [3.8, 4) is 0 Å². The zero-order valence-corrected chi connectivity index (χ0v) is 20.6. The van der Waals surface area contributed by atoms with Crippen LogP contribution in [0.2, 0.25) is 0 Å². The SMILES string of the molecule is CC.CC.CN(C)C(=O)c1ccc(Nc2ncnc3[nH]cc(F)c23)c(F)c1.C[C@H]1CCNC1. The molecule has 1 amide bonds. The molecular formula is C24H36F2N6O. The number of nitrogens with one attached hydrogen (secondary N) is 3. The number of H-pyrrole nitrogens is 1. The van der Waals surface area contributed by atoms with Gasteiger partial charge < -0.3 is 20.5 Å². The molecule has 7 nitrogen and oxygen atoms in total. The number of anilines is 2. The Hall–Kier alpha value is -3.07. The van der Waals surface area contributed by atoms with Gasteiger partial charge in [0.25, 0.3) is 5.91 Å². The van der Waals surface area contributed by atoms with Crippen LogP contribution in [0.25, 0.3) is 11.0 Å². The van der Waals surface area contributed by atoms with Gasteiger partial charge in [-0.15, -0.1) is 0 Å². The highest BCUT2D eigenvalue weighted by molar-refractivity contribution is 5.94. The Bertz CT molecular complexity index is 1000. The first-order valence-electron chi connectivity index (χ1n) is 11.3. The second kappa shape index (κ2) is 14.2. The maximum atomic E-state index is 14.2. The molecule has 3 aromatic rings. The molecule has 1 fully saturated rings. The van der Waals surface area contributed by atoms with Gasteiger partial charge in [-0.3, -0.25) is 4.79 Å². The second-order valence-electron chi connectivity index (χ2n) is 7.20. The minimum atomic E-state index is -0.639. The predicted molar refractivity (Wildman–Crippen MR) is 131 cm³/mol. The van der Waals surface area contributed by atoms with E-state index < -0.39 is 11.6 Å². The Kier molecular flexibility index (Phi) is 12.0. The van der Waals surface area contributed by atoms with Crippen LogP contribution in [0.3, 0.4) is 0 Å². The minimum absolute atomic E-state index is 0.0842. The van der Waals surface area contributed by atoms with Gasteiger partial charge in [0, 0.05) is 25.9 Å². The summed E-state index contributed by atoms with van der Waals surface area (Å²) < 4.78 is 28.0. The number of carbonyl (C=O) groups is 1. The molecule has 1 saturated heterocycles. The molecule has 2 aromatic heterocycles. The predicted octanol–water partition coefficient (Wildman–Crippen LogP) is 5.35. The summed E-state index contributed by atoms with van der Waals surface area (Å²) in [6.45, 7) is 12.8. The third-order valence-corrected chi connectivity index (χ3v) is 4.60. The van der Waals surface area contributed by atoms with Gasteiger partial charge in [-0.25, -0.2) is 18.7 Å². The molecule has 0 radical (unpaired) electrons. The van der Waals surface area contributed by atoms with Crippen molar-refractivity contribution in [2.24, 2.45) is 5.92 Å². The first kappa shape index (κ1) is 28.0. The number of rotatable bonds is 3. The number of aromatic nitrogens is 3. The van der Waals surface area contributed by atoms with E-state index >= 15 is 0 Å². The van der Waals surface area contributed by atoms with Crippen molar-refractivity contribution < 1.29 is 13.6 Å². The standard InChI is InChI=1S/C15H13F2N5O.C5H11N.2C2H6/c1-22(2)15(23)8-3-4-11(9(16)5-8)21-14-12-10(17)6-18-13(12)19-7-20-14;1-5-2-3-6-4-5;2*1-2/h3-7H,1-2H3,(H2,18,19,20,21);5-6H,2-4H2,1H3;2*1-2H3/t;5-;;/m.0../s1. The average molecular weight is 463 g/mol. The highest BCUT2D eigenvalue weighted by Crippen LogP contribution is 2.26. The van der Waals surface area contributed by atoms with Crippen molar-refractivity contribution in [1.82, 2.24) is 25.2 Å². The Labute approximate surface area is 195 Å². The van der Waals surface area contributed by atoms with E-state index in [1.807, 2.05) is 27.7 Å². The molecule has 1 aliphatic rings. The number of amides is 1. The van der Waals surface area contributed by atoms with Crippen molar-refractivity contribution in [2.75, 3.05) is 32.5 Å². The van der Waals surface area contributed by atoms with E-state index in [-0.39, 0.29) is 28.4 Å². The number of nitrogens with zero attached hydrogens (tertiary/aromatic N) is 3. The summed E-state index contributed by atoms with van der Waals surface area (Å²) in [6, 6.07) is 4.01. The molecule has 0 saturated carbocycles. The van der Waals surface area contributed by atoms with Crippen molar-refractivity contribution in [3.63, 3.8) is 0 Å². The highest BCUT2D eigenvalue weighted by atomic mass is 19.1. The number of hydrogen-bond donors (Lipinski definition) is 3. The number of fused-ring (bicyclic) bond motifs is 1. The van der Waals surface area contributed by atoms with Gasteiger partial charge in [0.15, 0.2) is 5.82 Å². The van der Waals surface area contributed by atoms with E-state index in [1.54, 1.807) is 14.1 Å². The number of aromatic amines is 1. The Morgan fingerprint density at radius 2 is 1.82 bits per heavy atom. The van der Waals surface area contributed by atoms with Crippen molar-refractivity contribution in [3.05, 3.63) is 47.9 Å². The molecule has 4 rings (SSSR count). The molecule has 33 heavy (non-hydrogen) atoms. The summed E-state index contributed by atoms with van der Waals surface area (Å²) in [6.07, 6.45) is 3.77. The first-order chi connectivity index (χ1) is 15.9. The molecule has 1 aromatic carbocycles. The lowest BCUT2D eigenvalue weighted by Gasteiger charge is -2.12. The molecule has 0 bridgehead atoms. The largest absolute Gasteiger partial charge is 0.345 e. The molecule has 182 valence electrons. The number of hydrogen-bond acceptors (Lipinski definition) is 5.